The molecule has 2 rings (SSSR count). The van der Waals surface area contributed by atoms with Gasteiger partial charge in [-0.1, -0.05) is 11.6 Å². The molecule has 0 bridgehead atoms. The van der Waals surface area contributed by atoms with E-state index < -0.39 is 10.8 Å². The number of hydrogen-bond acceptors (Lipinski definition) is 5. The number of rotatable bonds is 4. The Morgan fingerprint density at radius 2 is 2.22 bits per heavy atom. The monoisotopic (exact) mass is 340 g/mol. The molecule has 1 saturated heterocycles. The van der Waals surface area contributed by atoms with E-state index in [9.17, 15) is 19.7 Å². The fourth-order valence-corrected chi connectivity index (χ4v) is 2.79. The Bertz CT molecular complexity index is 634. The van der Waals surface area contributed by atoms with Crippen LogP contribution in [0.2, 0.25) is 5.02 Å². The molecule has 23 heavy (non-hydrogen) atoms. The predicted molar refractivity (Wildman–Crippen MR) is 83.4 cm³/mol. The summed E-state index contributed by atoms with van der Waals surface area (Å²) in [5.41, 5.74) is -0.357. The number of likely N-dealkylation sites (tertiary alicyclic amines) is 1. The maximum Gasteiger partial charge on any atom is 0.310 e. The van der Waals surface area contributed by atoms with Crippen LogP contribution in [0, 0.1) is 16.0 Å². The molecular weight excluding hydrogens is 324 g/mol. The maximum atomic E-state index is 12.6. The number of hydrogen-bond donors (Lipinski definition) is 0. The van der Waals surface area contributed by atoms with Crippen molar-refractivity contribution in [1.82, 2.24) is 4.90 Å². The molecule has 1 unspecified atom stereocenters. The van der Waals surface area contributed by atoms with E-state index in [1.807, 2.05) is 0 Å². The van der Waals surface area contributed by atoms with E-state index in [1.165, 1.54) is 17.0 Å². The van der Waals surface area contributed by atoms with Gasteiger partial charge in [-0.3, -0.25) is 19.7 Å². The molecule has 1 atom stereocenters. The van der Waals surface area contributed by atoms with Crippen molar-refractivity contribution in [1.29, 1.82) is 0 Å². The molecule has 0 saturated carbocycles. The van der Waals surface area contributed by atoms with Gasteiger partial charge in [0.25, 0.3) is 11.6 Å². The number of halogens is 1. The highest BCUT2D eigenvalue weighted by atomic mass is 35.5. The number of nitro groups is 1. The minimum atomic E-state index is -0.633. The molecule has 1 heterocycles. The smallest absolute Gasteiger partial charge is 0.310 e. The van der Waals surface area contributed by atoms with Gasteiger partial charge in [0.1, 0.15) is 5.56 Å². The van der Waals surface area contributed by atoms with Crippen molar-refractivity contribution in [3.8, 4) is 0 Å². The van der Waals surface area contributed by atoms with Gasteiger partial charge in [-0.15, -0.1) is 0 Å². The Morgan fingerprint density at radius 3 is 2.87 bits per heavy atom. The SMILES string of the molecule is CCOC(=O)C1CCCN(C(=O)c2ccc(Cl)cc2[N+](=O)[O-])C1. The second-order valence-corrected chi connectivity index (χ2v) is 5.70. The van der Waals surface area contributed by atoms with E-state index in [1.54, 1.807) is 6.92 Å². The normalized spacial score (nSPS) is 17.7. The van der Waals surface area contributed by atoms with Crippen LogP contribution in [0.15, 0.2) is 18.2 Å². The van der Waals surface area contributed by atoms with Gasteiger partial charge < -0.3 is 9.64 Å². The molecular formula is C15H17ClN2O5. The van der Waals surface area contributed by atoms with E-state index in [4.69, 9.17) is 16.3 Å². The number of amides is 1. The lowest BCUT2D eigenvalue weighted by molar-refractivity contribution is -0.385. The zero-order valence-electron chi connectivity index (χ0n) is 12.7. The Kier molecular flexibility index (Phi) is 5.54. The van der Waals surface area contributed by atoms with Crippen molar-refractivity contribution < 1.29 is 19.2 Å². The predicted octanol–water partition coefficient (Wildman–Crippen LogP) is 2.66. The summed E-state index contributed by atoms with van der Waals surface area (Å²) in [4.78, 5) is 36.4. The third kappa shape index (κ3) is 3.98. The standard InChI is InChI=1S/C15H17ClN2O5/c1-2-23-15(20)10-4-3-7-17(9-10)14(19)12-6-5-11(16)8-13(12)18(21)22/h5-6,8,10H,2-4,7,9H2,1H3. The summed E-state index contributed by atoms with van der Waals surface area (Å²) >= 11 is 5.76. The second kappa shape index (κ2) is 7.41. The molecule has 8 heteroatoms. The molecule has 1 amide bonds. The van der Waals surface area contributed by atoms with Crippen molar-refractivity contribution in [3.63, 3.8) is 0 Å². The van der Waals surface area contributed by atoms with E-state index in [-0.39, 0.29) is 41.3 Å². The van der Waals surface area contributed by atoms with Crippen LogP contribution >= 0.6 is 11.6 Å². The highest BCUT2D eigenvalue weighted by molar-refractivity contribution is 6.31. The van der Waals surface area contributed by atoms with E-state index in [0.717, 1.165) is 6.07 Å². The molecule has 0 aliphatic carbocycles. The van der Waals surface area contributed by atoms with Crippen molar-refractivity contribution >= 4 is 29.2 Å². The molecule has 1 fully saturated rings. The van der Waals surface area contributed by atoms with Crippen LogP contribution in [0.3, 0.4) is 0 Å². The third-order valence-electron chi connectivity index (χ3n) is 3.72. The van der Waals surface area contributed by atoms with Gasteiger partial charge in [0.15, 0.2) is 0 Å². The molecule has 0 aromatic heterocycles. The zero-order valence-corrected chi connectivity index (χ0v) is 13.4. The van der Waals surface area contributed by atoms with E-state index in [2.05, 4.69) is 0 Å². The van der Waals surface area contributed by atoms with Crippen LogP contribution in [0.5, 0.6) is 0 Å². The summed E-state index contributed by atoms with van der Waals surface area (Å²) in [5, 5.41) is 11.3. The van der Waals surface area contributed by atoms with Crippen LogP contribution in [0.25, 0.3) is 0 Å². The van der Waals surface area contributed by atoms with Gasteiger partial charge in [-0.2, -0.15) is 0 Å². The molecule has 0 radical (unpaired) electrons. The van der Waals surface area contributed by atoms with Crippen molar-refractivity contribution in [2.75, 3.05) is 19.7 Å². The molecule has 0 N–H and O–H groups in total. The molecule has 1 aromatic carbocycles. The molecule has 1 aliphatic rings. The average Bonchev–Trinajstić information content (AvgIpc) is 2.54. The van der Waals surface area contributed by atoms with Crippen LogP contribution in [0.1, 0.15) is 30.1 Å². The molecule has 7 nitrogen and oxygen atoms in total. The molecule has 1 aromatic rings. The van der Waals surface area contributed by atoms with Crippen LogP contribution < -0.4 is 0 Å². The number of piperidine rings is 1. The van der Waals surface area contributed by atoms with Crippen molar-refractivity contribution in [3.05, 3.63) is 38.9 Å². The first kappa shape index (κ1) is 17.2. The first-order valence-electron chi connectivity index (χ1n) is 7.34. The maximum absolute atomic E-state index is 12.6. The largest absolute Gasteiger partial charge is 0.466 e. The molecule has 1 aliphatic heterocycles. The second-order valence-electron chi connectivity index (χ2n) is 5.26. The number of benzene rings is 1. The highest BCUT2D eigenvalue weighted by Crippen LogP contribution is 2.26. The zero-order chi connectivity index (χ0) is 17.0. The summed E-state index contributed by atoms with van der Waals surface area (Å²) in [7, 11) is 0. The number of esters is 1. The van der Waals surface area contributed by atoms with Crippen LogP contribution in [-0.4, -0.2) is 41.4 Å². The minimum Gasteiger partial charge on any atom is -0.466 e. The fraction of sp³-hybridized carbons (Fsp3) is 0.467. The molecule has 124 valence electrons. The molecule has 0 spiro atoms. The van der Waals surface area contributed by atoms with Gasteiger partial charge in [0.2, 0.25) is 0 Å². The Morgan fingerprint density at radius 1 is 1.48 bits per heavy atom. The first-order valence-corrected chi connectivity index (χ1v) is 7.71. The summed E-state index contributed by atoms with van der Waals surface area (Å²) in [5.74, 6) is -1.20. The van der Waals surface area contributed by atoms with E-state index >= 15 is 0 Å². The van der Waals surface area contributed by atoms with Crippen molar-refractivity contribution in [2.24, 2.45) is 5.92 Å². The topological polar surface area (TPSA) is 89.8 Å². The van der Waals surface area contributed by atoms with Crippen LogP contribution in [0.4, 0.5) is 5.69 Å². The van der Waals surface area contributed by atoms with E-state index in [0.29, 0.717) is 19.4 Å². The Hall–Kier alpha value is -2.15. The Labute approximate surface area is 138 Å². The quantitative estimate of drug-likeness (QED) is 0.477. The highest BCUT2D eigenvalue weighted by Gasteiger charge is 2.32. The first-order chi connectivity index (χ1) is 10.9. The third-order valence-corrected chi connectivity index (χ3v) is 3.95. The van der Waals surface area contributed by atoms with Crippen molar-refractivity contribution in [2.45, 2.75) is 19.8 Å². The van der Waals surface area contributed by atoms with Crippen LogP contribution in [-0.2, 0) is 9.53 Å². The van der Waals surface area contributed by atoms with Gasteiger partial charge in [0, 0.05) is 24.2 Å². The summed E-state index contributed by atoms with van der Waals surface area (Å²) < 4.78 is 4.99. The average molecular weight is 341 g/mol. The fourth-order valence-electron chi connectivity index (χ4n) is 2.62. The number of nitrogens with zero attached hydrogens (tertiary/aromatic N) is 2. The van der Waals surface area contributed by atoms with Gasteiger partial charge >= 0.3 is 5.97 Å². The summed E-state index contributed by atoms with van der Waals surface area (Å²) in [6, 6.07) is 3.94. The lowest BCUT2D eigenvalue weighted by atomic mass is 9.97. The Balaban J connectivity index is 2.20. The summed E-state index contributed by atoms with van der Waals surface area (Å²) in [6.45, 7) is 2.67. The minimum absolute atomic E-state index is 0.0242. The lowest BCUT2D eigenvalue weighted by Gasteiger charge is -2.31. The number of carbonyl (C=O) groups excluding carboxylic acids is 2. The van der Waals surface area contributed by atoms with Gasteiger partial charge in [-0.05, 0) is 31.9 Å². The summed E-state index contributed by atoms with van der Waals surface area (Å²) in [6.07, 6.45) is 1.29. The lowest BCUT2D eigenvalue weighted by Crippen LogP contribution is -2.43. The number of carbonyl (C=O) groups is 2. The number of ether oxygens (including phenoxy) is 1. The van der Waals surface area contributed by atoms with Gasteiger partial charge in [0.05, 0.1) is 17.4 Å². The van der Waals surface area contributed by atoms with Gasteiger partial charge in [-0.25, -0.2) is 0 Å². The number of nitro benzene ring substituents is 1.